The number of hydrogen-bond acceptors (Lipinski definition) is 4. The van der Waals surface area contributed by atoms with Crippen LogP contribution in [0.25, 0.3) is 10.8 Å². The Labute approximate surface area is 209 Å². The van der Waals surface area contributed by atoms with E-state index in [1.165, 1.54) is 0 Å². The first-order valence-electron chi connectivity index (χ1n) is 11.2. The summed E-state index contributed by atoms with van der Waals surface area (Å²) in [5.41, 5.74) is 1.14. The van der Waals surface area contributed by atoms with Crippen molar-refractivity contribution >= 4 is 33.2 Å². The lowest BCUT2D eigenvalue weighted by Crippen LogP contribution is -2.52. The van der Waals surface area contributed by atoms with E-state index in [4.69, 9.17) is 0 Å². The number of halogens is 4. The van der Waals surface area contributed by atoms with Gasteiger partial charge in [0.05, 0.1) is 4.90 Å². The van der Waals surface area contributed by atoms with Crippen molar-refractivity contribution in [1.29, 1.82) is 0 Å². The summed E-state index contributed by atoms with van der Waals surface area (Å²) in [5.74, 6) is -0.465. The lowest BCUT2D eigenvalue weighted by molar-refractivity contribution is -0.274. The van der Waals surface area contributed by atoms with E-state index in [1.807, 2.05) is 18.2 Å². The molecule has 0 bridgehead atoms. The first-order valence-corrected chi connectivity index (χ1v) is 12.7. The van der Waals surface area contributed by atoms with E-state index >= 15 is 0 Å². The van der Waals surface area contributed by atoms with Crippen LogP contribution in [0.1, 0.15) is 44.2 Å². The van der Waals surface area contributed by atoms with Crippen LogP contribution in [-0.4, -0.2) is 26.9 Å². The Morgan fingerprint density at radius 2 is 1.54 bits per heavy atom. The van der Waals surface area contributed by atoms with Crippen LogP contribution in [-0.2, 0) is 10.0 Å². The van der Waals surface area contributed by atoms with Gasteiger partial charge in [0.15, 0.2) is 0 Å². The molecule has 5 nitrogen and oxygen atoms in total. The van der Waals surface area contributed by atoms with Gasteiger partial charge in [-0.25, -0.2) is 13.1 Å². The maximum absolute atomic E-state index is 13.0. The van der Waals surface area contributed by atoms with Gasteiger partial charge in [-0.1, -0.05) is 55.3 Å². The van der Waals surface area contributed by atoms with Gasteiger partial charge in [0.25, 0.3) is 0 Å². The predicted molar refractivity (Wildman–Crippen MR) is 132 cm³/mol. The fraction of sp³-hybridized carbons (Fsp3) is 0.360. The van der Waals surface area contributed by atoms with Gasteiger partial charge < -0.3 is 10.1 Å². The Bertz CT molecular complexity index is 1230. The third-order valence-electron chi connectivity index (χ3n) is 6.19. The van der Waals surface area contributed by atoms with Crippen LogP contribution in [0.2, 0.25) is 0 Å². The molecule has 2 N–H and O–H groups in total. The Hall–Kier alpha value is -2.33. The summed E-state index contributed by atoms with van der Waals surface area (Å²) >= 11 is 0. The molecule has 1 aliphatic rings. The summed E-state index contributed by atoms with van der Waals surface area (Å²) in [6.07, 6.45) is -1.45. The minimum Gasteiger partial charge on any atom is -0.406 e. The number of benzene rings is 3. The molecular weight excluding hydrogens is 501 g/mol. The van der Waals surface area contributed by atoms with Crippen molar-refractivity contribution < 1.29 is 26.3 Å². The molecule has 1 saturated carbocycles. The van der Waals surface area contributed by atoms with E-state index in [-0.39, 0.29) is 35.4 Å². The van der Waals surface area contributed by atoms with E-state index in [2.05, 4.69) is 46.0 Å². The van der Waals surface area contributed by atoms with Gasteiger partial charge in [-0.3, -0.25) is 0 Å². The van der Waals surface area contributed by atoms with E-state index in [0.717, 1.165) is 59.9 Å². The Morgan fingerprint density at radius 1 is 0.914 bits per heavy atom. The van der Waals surface area contributed by atoms with E-state index in [1.54, 1.807) is 0 Å². The second kappa shape index (κ2) is 11.2. The molecule has 0 aromatic heterocycles. The molecule has 4 rings (SSSR count). The fourth-order valence-corrected chi connectivity index (χ4v) is 5.91. The zero-order valence-corrected chi connectivity index (χ0v) is 20.7. The molecule has 1 unspecified atom stereocenters. The zero-order chi connectivity index (χ0) is 24.3. The maximum atomic E-state index is 13.0. The highest BCUT2D eigenvalue weighted by Crippen LogP contribution is 2.28. The molecular formula is C25H28ClF3N2O3S. The largest absolute Gasteiger partial charge is 0.573 e. The quantitative estimate of drug-likeness (QED) is 0.389. The van der Waals surface area contributed by atoms with E-state index in [9.17, 15) is 21.6 Å². The minimum absolute atomic E-state index is 0. The van der Waals surface area contributed by atoms with E-state index < -0.39 is 22.1 Å². The second-order valence-electron chi connectivity index (χ2n) is 8.59. The lowest BCUT2D eigenvalue weighted by atomic mass is 9.89. The van der Waals surface area contributed by atoms with Crippen LogP contribution in [0.3, 0.4) is 0 Å². The molecule has 10 heteroatoms. The van der Waals surface area contributed by atoms with Crippen LogP contribution in [0.5, 0.6) is 5.75 Å². The van der Waals surface area contributed by atoms with Crippen LogP contribution in [0.4, 0.5) is 13.2 Å². The van der Waals surface area contributed by atoms with Crippen molar-refractivity contribution in [3.63, 3.8) is 0 Å². The van der Waals surface area contributed by atoms with Gasteiger partial charge in [-0.15, -0.1) is 25.6 Å². The summed E-state index contributed by atoms with van der Waals surface area (Å²) in [7, 11) is -3.92. The molecule has 1 aliphatic carbocycles. The number of sulfonamides is 1. The normalized spacial score (nSPS) is 19.7. The Balaban J connectivity index is 0.00000342. The molecule has 3 aromatic carbocycles. The fourth-order valence-electron chi connectivity index (χ4n) is 4.60. The Morgan fingerprint density at radius 3 is 2.23 bits per heavy atom. The second-order valence-corrected chi connectivity index (χ2v) is 10.3. The number of nitrogens with one attached hydrogen (secondary N) is 2. The molecule has 35 heavy (non-hydrogen) atoms. The summed E-state index contributed by atoms with van der Waals surface area (Å²) in [4.78, 5) is -0.103. The summed E-state index contributed by atoms with van der Waals surface area (Å²) < 4.78 is 69.7. The van der Waals surface area contributed by atoms with Crippen LogP contribution < -0.4 is 14.8 Å². The first kappa shape index (κ1) is 27.3. The van der Waals surface area contributed by atoms with Crippen molar-refractivity contribution in [2.75, 3.05) is 0 Å². The number of alkyl halides is 3. The molecule has 190 valence electrons. The van der Waals surface area contributed by atoms with E-state index in [0.29, 0.717) is 6.42 Å². The topological polar surface area (TPSA) is 67.4 Å². The van der Waals surface area contributed by atoms with Crippen molar-refractivity contribution in [3.8, 4) is 5.75 Å². The van der Waals surface area contributed by atoms with Crippen molar-refractivity contribution in [2.24, 2.45) is 0 Å². The summed E-state index contributed by atoms with van der Waals surface area (Å²) in [6.45, 7) is 2.07. The third-order valence-corrected chi connectivity index (χ3v) is 7.70. The average Bonchev–Trinajstić information content (AvgIpc) is 2.79. The van der Waals surface area contributed by atoms with Gasteiger partial charge in [0.1, 0.15) is 5.75 Å². The highest BCUT2D eigenvalue weighted by Gasteiger charge is 2.32. The van der Waals surface area contributed by atoms with Gasteiger partial charge in [0.2, 0.25) is 10.0 Å². The molecule has 3 atom stereocenters. The number of fused-ring (bicyclic) bond motifs is 1. The van der Waals surface area contributed by atoms with Gasteiger partial charge in [0, 0.05) is 18.1 Å². The van der Waals surface area contributed by atoms with Crippen molar-refractivity contribution in [1.82, 2.24) is 10.0 Å². The number of hydrogen-bond donors (Lipinski definition) is 2. The first-order chi connectivity index (χ1) is 16.1. The summed E-state index contributed by atoms with van der Waals surface area (Å²) in [5, 5.41) is 5.91. The Kier molecular flexibility index (Phi) is 8.69. The maximum Gasteiger partial charge on any atom is 0.573 e. The van der Waals surface area contributed by atoms with Gasteiger partial charge >= 0.3 is 6.36 Å². The van der Waals surface area contributed by atoms with Gasteiger partial charge in [-0.2, -0.15) is 0 Å². The molecule has 0 amide bonds. The molecule has 3 aromatic rings. The highest BCUT2D eigenvalue weighted by atomic mass is 35.5. The SMILES string of the molecule is CC(N[C@@H]1CCCC[C@H]1NS(=O)(=O)c1ccc(OC(F)(F)F)cc1)c1cccc2ccccc12.Cl. The molecule has 0 radical (unpaired) electrons. The smallest absolute Gasteiger partial charge is 0.406 e. The standard InChI is InChI=1S/C25H27F3N2O3S.ClH/c1-17(21-10-6-8-18-7-2-3-9-22(18)21)29-23-11-4-5-12-24(23)30-34(31,32)20-15-13-19(14-16-20)33-25(26,27)28;/h2-3,6-10,13-17,23-24,29-30H,4-5,11-12H2,1H3;1H/t17?,23-,24-;/m1./s1. The molecule has 0 spiro atoms. The minimum atomic E-state index is -4.83. The van der Waals surface area contributed by atoms with Crippen molar-refractivity contribution in [2.45, 2.75) is 62.0 Å². The summed E-state index contributed by atoms with van der Waals surface area (Å²) in [6, 6.07) is 18.1. The van der Waals surface area contributed by atoms with Crippen LogP contribution in [0, 0.1) is 0 Å². The predicted octanol–water partition coefficient (Wildman–Crippen LogP) is 6.10. The van der Waals surface area contributed by atoms with Crippen molar-refractivity contribution in [3.05, 3.63) is 72.3 Å². The lowest BCUT2D eigenvalue weighted by Gasteiger charge is -2.35. The molecule has 0 aliphatic heterocycles. The number of rotatable bonds is 7. The highest BCUT2D eigenvalue weighted by molar-refractivity contribution is 7.89. The van der Waals surface area contributed by atoms with Crippen LogP contribution in [0.15, 0.2) is 71.6 Å². The molecule has 0 heterocycles. The number of ether oxygens (including phenoxy) is 1. The molecule has 0 saturated heterocycles. The molecule has 1 fully saturated rings. The average molecular weight is 529 g/mol. The van der Waals surface area contributed by atoms with Crippen LogP contribution >= 0.6 is 12.4 Å². The third kappa shape index (κ3) is 6.88. The van der Waals surface area contributed by atoms with Gasteiger partial charge in [-0.05, 0) is 60.4 Å². The monoisotopic (exact) mass is 528 g/mol. The zero-order valence-electron chi connectivity index (χ0n) is 19.1.